The van der Waals surface area contributed by atoms with E-state index in [-0.39, 0.29) is 24.3 Å². The molecule has 1 aliphatic carbocycles. The van der Waals surface area contributed by atoms with Crippen LogP contribution in [0.1, 0.15) is 53.4 Å². The minimum atomic E-state index is -1.05. The maximum absolute atomic E-state index is 13.7. The zero-order valence-corrected chi connectivity index (χ0v) is 19.5. The van der Waals surface area contributed by atoms with Crippen molar-refractivity contribution in [2.24, 2.45) is 0 Å². The summed E-state index contributed by atoms with van der Waals surface area (Å²) in [6.07, 6.45) is 5.18. The van der Waals surface area contributed by atoms with Crippen LogP contribution < -0.4 is 15.5 Å². The molecule has 0 spiro atoms. The van der Waals surface area contributed by atoms with Crippen molar-refractivity contribution in [3.05, 3.63) is 89.6 Å². The SMILES string of the molecule is Cc1cccc(N(C(=O)CNC(=O)c2ccco2)[C@@H](C(=O)NC2CCCC2)c2ccc(F)cc2)c1. The van der Waals surface area contributed by atoms with E-state index in [4.69, 9.17) is 4.42 Å². The van der Waals surface area contributed by atoms with E-state index in [1.54, 1.807) is 24.3 Å². The molecule has 182 valence electrons. The van der Waals surface area contributed by atoms with Crippen LogP contribution >= 0.6 is 0 Å². The van der Waals surface area contributed by atoms with E-state index in [0.717, 1.165) is 31.2 Å². The largest absolute Gasteiger partial charge is 0.459 e. The molecule has 1 aromatic heterocycles. The lowest BCUT2D eigenvalue weighted by Crippen LogP contribution is -2.49. The minimum Gasteiger partial charge on any atom is -0.459 e. The molecule has 3 aromatic rings. The van der Waals surface area contributed by atoms with Crippen LogP contribution in [0.2, 0.25) is 0 Å². The number of hydrogen-bond donors (Lipinski definition) is 2. The minimum absolute atomic E-state index is 0.0264. The molecule has 1 saturated carbocycles. The first-order valence-corrected chi connectivity index (χ1v) is 11.7. The van der Waals surface area contributed by atoms with E-state index in [0.29, 0.717) is 11.3 Å². The summed E-state index contributed by atoms with van der Waals surface area (Å²) in [5, 5.41) is 5.63. The molecule has 0 bridgehead atoms. The number of nitrogens with one attached hydrogen (secondary N) is 2. The first-order chi connectivity index (χ1) is 16.9. The second-order valence-corrected chi connectivity index (χ2v) is 8.71. The fourth-order valence-corrected chi connectivity index (χ4v) is 4.36. The smallest absolute Gasteiger partial charge is 0.287 e. The van der Waals surface area contributed by atoms with E-state index in [9.17, 15) is 18.8 Å². The number of amides is 3. The number of furan rings is 1. The van der Waals surface area contributed by atoms with Crippen LogP contribution in [0.3, 0.4) is 0 Å². The fourth-order valence-electron chi connectivity index (χ4n) is 4.36. The molecule has 2 N–H and O–H groups in total. The number of carbonyl (C=O) groups is 3. The Kier molecular flexibility index (Phi) is 7.60. The number of benzene rings is 2. The number of carbonyl (C=O) groups excluding carboxylic acids is 3. The van der Waals surface area contributed by atoms with Crippen LogP contribution in [0.25, 0.3) is 0 Å². The van der Waals surface area contributed by atoms with Gasteiger partial charge in [-0.25, -0.2) is 4.39 Å². The lowest BCUT2D eigenvalue weighted by atomic mass is 10.0. The monoisotopic (exact) mass is 477 g/mol. The maximum Gasteiger partial charge on any atom is 0.287 e. The summed E-state index contributed by atoms with van der Waals surface area (Å²) in [5.74, 6) is -1.75. The van der Waals surface area contributed by atoms with Crippen LogP contribution in [0.5, 0.6) is 0 Å². The lowest BCUT2D eigenvalue weighted by molar-refractivity contribution is -0.126. The van der Waals surface area contributed by atoms with Crippen molar-refractivity contribution in [3.8, 4) is 0 Å². The topological polar surface area (TPSA) is 91.7 Å². The Morgan fingerprint density at radius 1 is 1.06 bits per heavy atom. The standard InChI is InChI=1S/C27H28FN3O4/c1-18-6-4-9-22(16-18)31(24(32)17-29-26(33)23-10-5-15-35-23)25(19-11-13-20(28)14-12-19)27(34)30-21-7-2-3-8-21/h4-6,9-16,21,25H,2-3,7-8,17H2,1H3,(H,29,33)(H,30,34)/t25-/m1/s1. The highest BCUT2D eigenvalue weighted by molar-refractivity contribution is 6.04. The lowest BCUT2D eigenvalue weighted by Gasteiger charge is -2.32. The van der Waals surface area contributed by atoms with Gasteiger partial charge in [-0.3, -0.25) is 19.3 Å². The average molecular weight is 478 g/mol. The van der Waals surface area contributed by atoms with Gasteiger partial charge in [0.25, 0.3) is 5.91 Å². The molecule has 3 amide bonds. The van der Waals surface area contributed by atoms with Gasteiger partial charge in [0.2, 0.25) is 11.8 Å². The molecular formula is C27H28FN3O4. The van der Waals surface area contributed by atoms with Gasteiger partial charge in [0.05, 0.1) is 12.8 Å². The van der Waals surface area contributed by atoms with Crippen LogP contribution in [0, 0.1) is 12.7 Å². The summed E-state index contributed by atoms with van der Waals surface area (Å²) in [7, 11) is 0. The highest BCUT2D eigenvalue weighted by Gasteiger charge is 2.34. The molecule has 1 aliphatic rings. The van der Waals surface area contributed by atoms with Crippen molar-refractivity contribution >= 4 is 23.4 Å². The molecule has 7 nitrogen and oxygen atoms in total. The van der Waals surface area contributed by atoms with Crippen LogP contribution in [0.15, 0.2) is 71.3 Å². The molecule has 8 heteroatoms. The number of anilines is 1. The molecule has 35 heavy (non-hydrogen) atoms. The zero-order valence-electron chi connectivity index (χ0n) is 19.5. The van der Waals surface area contributed by atoms with Crippen molar-refractivity contribution < 1.29 is 23.2 Å². The average Bonchev–Trinajstić information content (AvgIpc) is 3.56. The van der Waals surface area contributed by atoms with Crippen LogP contribution in [0.4, 0.5) is 10.1 Å². The van der Waals surface area contributed by atoms with Gasteiger partial charge >= 0.3 is 0 Å². The van der Waals surface area contributed by atoms with E-state index < -0.39 is 23.7 Å². The summed E-state index contributed by atoms with van der Waals surface area (Å²) in [6, 6.07) is 14.8. The molecule has 0 saturated heterocycles. The van der Waals surface area contributed by atoms with Crippen LogP contribution in [-0.2, 0) is 9.59 Å². The number of halogens is 1. The van der Waals surface area contributed by atoms with Gasteiger partial charge in [-0.1, -0.05) is 37.1 Å². The van der Waals surface area contributed by atoms with Crippen molar-refractivity contribution in [1.29, 1.82) is 0 Å². The summed E-state index contributed by atoms with van der Waals surface area (Å²) >= 11 is 0. The van der Waals surface area contributed by atoms with Gasteiger partial charge < -0.3 is 15.1 Å². The summed E-state index contributed by atoms with van der Waals surface area (Å²) < 4.78 is 18.8. The molecule has 1 heterocycles. The van der Waals surface area contributed by atoms with Crippen molar-refractivity contribution in [3.63, 3.8) is 0 Å². The number of aryl methyl sites for hydroxylation is 1. The quantitative estimate of drug-likeness (QED) is 0.506. The Hall–Kier alpha value is -3.94. The second kappa shape index (κ2) is 11.0. The molecule has 1 atom stereocenters. The summed E-state index contributed by atoms with van der Waals surface area (Å²) in [5.41, 5.74) is 1.86. The Labute approximate surface area is 203 Å². The molecule has 1 fully saturated rings. The first kappa shape index (κ1) is 24.2. The van der Waals surface area contributed by atoms with E-state index >= 15 is 0 Å². The zero-order chi connectivity index (χ0) is 24.8. The predicted molar refractivity (Wildman–Crippen MR) is 129 cm³/mol. The Morgan fingerprint density at radius 2 is 1.80 bits per heavy atom. The van der Waals surface area contributed by atoms with Crippen molar-refractivity contribution in [2.75, 3.05) is 11.4 Å². The third kappa shape index (κ3) is 5.95. The van der Waals surface area contributed by atoms with Gasteiger partial charge in [0.15, 0.2) is 5.76 Å². The third-order valence-corrected chi connectivity index (χ3v) is 6.09. The summed E-state index contributed by atoms with van der Waals surface area (Å²) in [4.78, 5) is 40.9. The van der Waals surface area contributed by atoms with Gasteiger partial charge in [0.1, 0.15) is 11.9 Å². The Balaban J connectivity index is 1.68. The van der Waals surface area contributed by atoms with Gasteiger partial charge in [0, 0.05) is 11.7 Å². The number of hydrogen-bond acceptors (Lipinski definition) is 4. The molecule has 0 unspecified atom stereocenters. The fraction of sp³-hybridized carbons (Fsp3) is 0.296. The third-order valence-electron chi connectivity index (χ3n) is 6.09. The van der Waals surface area contributed by atoms with E-state index in [1.165, 1.54) is 41.5 Å². The van der Waals surface area contributed by atoms with Gasteiger partial charge in [-0.05, 0) is 67.3 Å². The molecule has 0 radical (unpaired) electrons. The Bertz CT molecular complexity index is 1170. The van der Waals surface area contributed by atoms with Crippen molar-refractivity contribution in [2.45, 2.75) is 44.7 Å². The van der Waals surface area contributed by atoms with Crippen LogP contribution in [-0.4, -0.2) is 30.3 Å². The normalized spacial score (nSPS) is 14.3. The summed E-state index contributed by atoms with van der Waals surface area (Å²) in [6.45, 7) is 1.53. The van der Waals surface area contributed by atoms with E-state index in [2.05, 4.69) is 10.6 Å². The van der Waals surface area contributed by atoms with Gasteiger partial charge in [-0.2, -0.15) is 0 Å². The first-order valence-electron chi connectivity index (χ1n) is 11.7. The molecular weight excluding hydrogens is 449 g/mol. The molecule has 0 aliphatic heterocycles. The van der Waals surface area contributed by atoms with Crippen molar-refractivity contribution in [1.82, 2.24) is 10.6 Å². The van der Waals surface area contributed by atoms with E-state index in [1.807, 2.05) is 13.0 Å². The number of rotatable bonds is 8. The van der Waals surface area contributed by atoms with Gasteiger partial charge in [-0.15, -0.1) is 0 Å². The predicted octanol–water partition coefficient (Wildman–Crippen LogP) is 4.29. The maximum atomic E-state index is 13.7. The highest BCUT2D eigenvalue weighted by atomic mass is 19.1. The number of nitrogens with zero attached hydrogens (tertiary/aromatic N) is 1. The molecule has 2 aromatic carbocycles. The second-order valence-electron chi connectivity index (χ2n) is 8.71. The Morgan fingerprint density at radius 3 is 2.46 bits per heavy atom. The highest BCUT2D eigenvalue weighted by Crippen LogP contribution is 2.30. The molecule has 4 rings (SSSR count).